The van der Waals surface area contributed by atoms with E-state index >= 15 is 0 Å². The molecular weight excluding hydrogens is 330 g/mol. The molecule has 0 unspecified atom stereocenters. The molecule has 2 rings (SSSR count). The van der Waals surface area contributed by atoms with Gasteiger partial charge < -0.3 is 10.5 Å². The second-order valence-electron chi connectivity index (χ2n) is 7.74. The molecule has 0 atom stereocenters. The fourth-order valence-corrected chi connectivity index (χ4v) is 5.12. The summed E-state index contributed by atoms with van der Waals surface area (Å²) < 4.78 is 8.16. The van der Waals surface area contributed by atoms with Crippen LogP contribution in [0.25, 0.3) is 0 Å². The van der Waals surface area contributed by atoms with Crippen molar-refractivity contribution in [3.63, 3.8) is 0 Å². The highest BCUT2D eigenvalue weighted by atomic mass is 32.2. The maximum Gasteiger partial charge on any atom is 0.0594 e. The molecule has 1 saturated carbocycles. The molecule has 0 amide bonds. The summed E-state index contributed by atoms with van der Waals surface area (Å²) in [5, 5.41) is 0. The molecule has 5 heteroatoms. The minimum Gasteiger partial charge on any atom is -0.379 e. The van der Waals surface area contributed by atoms with Gasteiger partial charge in [-0.15, -0.1) is 0 Å². The smallest absolute Gasteiger partial charge is 0.0594 e. The van der Waals surface area contributed by atoms with Crippen molar-refractivity contribution in [3.05, 3.63) is 0 Å². The minimum atomic E-state index is 0.850. The molecule has 2 fully saturated rings. The van der Waals surface area contributed by atoms with Crippen LogP contribution in [0.3, 0.4) is 0 Å². The molecule has 1 aliphatic carbocycles. The van der Waals surface area contributed by atoms with Gasteiger partial charge in [0.1, 0.15) is 0 Å². The lowest BCUT2D eigenvalue weighted by Gasteiger charge is -2.30. The van der Waals surface area contributed by atoms with Crippen molar-refractivity contribution in [2.24, 2.45) is 11.7 Å². The van der Waals surface area contributed by atoms with Gasteiger partial charge in [-0.25, -0.2) is 0 Å². The number of nitrogens with two attached hydrogens (primary N) is 1. The quantitative estimate of drug-likeness (QED) is 0.394. The zero-order chi connectivity index (χ0) is 17.6. The summed E-state index contributed by atoms with van der Waals surface area (Å²) in [6, 6.07) is 0. The van der Waals surface area contributed by atoms with Crippen LogP contribution >= 0.6 is 11.9 Å². The Hall–Kier alpha value is 0.190. The summed E-state index contributed by atoms with van der Waals surface area (Å²) in [4.78, 5) is 2.57. The van der Waals surface area contributed by atoms with Crippen LogP contribution in [0.4, 0.5) is 0 Å². The Morgan fingerprint density at radius 3 is 2.48 bits per heavy atom. The summed E-state index contributed by atoms with van der Waals surface area (Å²) >= 11 is 2.12. The molecule has 2 N–H and O–H groups in total. The maximum absolute atomic E-state index is 5.59. The molecule has 1 aliphatic heterocycles. The SMILES string of the molecule is NCCCCCCSN(CCCN1CCOCC1)CC1CCCCC1. The third-order valence-electron chi connectivity index (χ3n) is 5.54. The third kappa shape index (κ3) is 10.2. The van der Waals surface area contributed by atoms with Crippen LogP contribution in [-0.4, -0.2) is 67.4 Å². The van der Waals surface area contributed by atoms with Gasteiger partial charge in [0.25, 0.3) is 0 Å². The van der Waals surface area contributed by atoms with Gasteiger partial charge in [-0.2, -0.15) is 0 Å². The molecule has 0 radical (unpaired) electrons. The van der Waals surface area contributed by atoms with Gasteiger partial charge in [-0.3, -0.25) is 9.21 Å². The van der Waals surface area contributed by atoms with Gasteiger partial charge in [0.15, 0.2) is 0 Å². The van der Waals surface area contributed by atoms with E-state index in [2.05, 4.69) is 21.2 Å². The molecule has 0 aromatic carbocycles. The summed E-state index contributed by atoms with van der Waals surface area (Å²) in [7, 11) is 0. The van der Waals surface area contributed by atoms with Gasteiger partial charge >= 0.3 is 0 Å². The van der Waals surface area contributed by atoms with E-state index in [1.165, 1.54) is 89.6 Å². The van der Waals surface area contributed by atoms with Crippen LogP contribution in [0.2, 0.25) is 0 Å². The molecule has 0 bridgehead atoms. The molecule has 1 heterocycles. The summed E-state index contributed by atoms with van der Waals surface area (Å²) in [6.07, 6.45) is 13.8. The normalized spacial score (nSPS) is 20.4. The van der Waals surface area contributed by atoms with E-state index in [1.807, 2.05) is 0 Å². The zero-order valence-corrected chi connectivity index (χ0v) is 17.1. The van der Waals surface area contributed by atoms with E-state index in [9.17, 15) is 0 Å². The molecule has 25 heavy (non-hydrogen) atoms. The largest absolute Gasteiger partial charge is 0.379 e. The molecule has 0 aromatic heterocycles. The summed E-state index contributed by atoms with van der Waals surface area (Å²) in [6.45, 7) is 8.74. The lowest BCUT2D eigenvalue weighted by Crippen LogP contribution is -2.38. The van der Waals surface area contributed by atoms with E-state index in [1.54, 1.807) is 0 Å². The van der Waals surface area contributed by atoms with Gasteiger partial charge in [0.2, 0.25) is 0 Å². The number of ether oxygens (including phenoxy) is 1. The van der Waals surface area contributed by atoms with Gasteiger partial charge in [0, 0.05) is 31.9 Å². The Morgan fingerprint density at radius 1 is 0.960 bits per heavy atom. The van der Waals surface area contributed by atoms with E-state index in [0.717, 1.165) is 38.8 Å². The second kappa shape index (κ2) is 14.3. The average Bonchev–Trinajstić information content (AvgIpc) is 2.66. The van der Waals surface area contributed by atoms with Crippen LogP contribution in [0.1, 0.15) is 64.2 Å². The molecule has 4 nitrogen and oxygen atoms in total. The standard InChI is InChI=1S/C20H41N3OS/c21-11-6-1-2-7-18-25-23(19-20-9-4-3-5-10-20)13-8-12-22-14-16-24-17-15-22/h20H,1-19,21H2. The Balaban J connectivity index is 1.63. The molecule has 2 aliphatic rings. The van der Waals surface area contributed by atoms with E-state index in [-0.39, 0.29) is 0 Å². The first-order chi connectivity index (χ1) is 12.4. The van der Waals surface area contributed by atoms with Gasteiger partial charge in [-0.1, -0.05) is 44.1 Å². The Bertz CT molecular complexity index is 307. The molecule has 0 spiro atoms. The number of hydrogen-bond donors (Lipinski definition) is 1. The molecular formula is C20H41N3OS. The average molecular weight is 372 g/mol. The first-order valence-electron chi connectivity index (χ1n) is 10.8. The maximum atomic E-state index is 5.59. The summed E-state index contributed by atoms with van der Waals surface area (Å²) in [5.74, 6) is 2.23. The van der Waals surface area contributed by atoms with Crippen molar-refractivity contribution in [2.45, 2.75) is 64.2 Å². The highest BCUT2D eigenvalue weighted by molar-refractivity contribution is 7.97. The van der Waals surface area contributed by atoms with Gasteiger partial charge in [-0.05, 0) is 51.1 Å². The monoisotopic (exact) mass is 371 g/mol. The number of unbranched alkanes of at least 4 members (excludes halogenated alkanes) is 3. The predicted octanol–water partition coefficient (Wildman–Crippen LogP) is 3.76. The highest BCUT2D eigenvalue weighted by Crippen LogP contribution is 2.27. The Kier molecular flexibility index (Phi) is 12.3. The Labute approximate surface area is 160 Å². The lowest BCUT2D eigenvalue weighted by molar-refractivity contribution is 0.0368. The van der Waals surface area contributed by atoms with Gasteiger partial charge in [0.05, 0.1) is 13.2 Å². The van der Waals surface area contributed by atoms with Crippen molar-refractivity contribution in [1.82, 2.24) is 9.21 Å². The van der Waals surface area contributed by atoms with Crippen LogP contribution < -0.4 is 5.73 Å². The minimum absolute atomic E-state index is 0.850. The zero-order valence-electron chi connectivity index (χ0n) is 16.3. The fourth-order valence-electron chi connectivity index (χ4n) is 3.96. The molecule has 148 valence electrons. The van der Waals surface area contributed by atoms with Crippen LogP contribution in [0.5, 0.6) is 0 Å². The Morgan fingerprint density at radius 2 is 1.72 bits per heavy atom. The third-order valence-corrected chi connectivity index (χ3v) is 6.71. The first-order valence-corrected chi connectivity index (χ1v) is 11.7. The number of hydrogen-bond acceptors (Lipinski definition) is 5. The number of rotatable bonds is 13. The van der Waals surface area contributed by atoms with Crippen molar-refractivity contribution >= 4 is 11.9 Å². The lowest BCUT2D eigenvalue weighted by atomic mass is 9.89. The second-order valence-corrected chi connectivity index (χ2v) is 8.92. The van der Waals surface area contributed by atoms with Crippen molar-refractivity contribution < 1.29 is 4.74 Å². The van der Waals surface area contributed by atoms with Crippen molar-refractivity contribution in [1.29, 1.82) is 0 Å². The van der Waals surface area contributed by atoms with E-state index in [4.69, 9.17) is 10.5 Å². The number of morpholine rings is 1. The predicted molar refractivity (Wildman–Crippen MR) is 110 cm³/mol. The van der Waals surface area contributed by atoms with Crippen LogP contribution in [0.15, 0.2) is 0 Å². The van der Waals surface area contributed by atoms with Crippen molar-refractivity contribution in [2.75, 3.05) is 58.2 Å². The van der Waals surface area contributed by atoms with Crippen LogP contribution in [0, 0.1) is 5.92 Å². The van der Waals surface area contributed by atoms with E-state index < -0.39 is 0 Å². The molecule has 0 aromatic rings. The van der Waals surface area contributed by atoms with E-state index in [0.29, 0.717) is 0 Å². The topological polar surface area (TPSA) is 41.7 Å². The summed E-state index contributed by atoms with van der Waals surface area (Å²) in [5.41, 5.74) is 5.59. The number of nitrogens with zero attached hydrogens (tertiary/aromatic N) is 2. The van der Waals surface area contributed by atoms with Crippen molar-refractivity contribution in [3.8, 4) is 0 Å². The fraction of sp³-hybridized carbons (Fsp3) is 1.00. The highest BCUT2D eigenvalue weighted by Gasteiger charge is 2.18. The van der Waals surface area contributed by atoms with Crippen LogP contribution in [-0.2, 0) is 4.74 Å². The molecule has 1 saturated heterocycles. The first kappa shape index (κ1) is 21.5.